The Morgan fingerprint density at radius 3 is 2.67 bits per heavy atom. The SMILES string of the molecule is C[C@@H](Sc1nnc(C2CC2)n1Cc1ccccc1)C(=O)NC1CC1. The molecule has 4 rings (SSSR count). The van der Waals surface area contributed by atoms with E-state index in [0.717, 1.165) is 30.4 Å². The molecule has 1 amide bonds. The molecule has 24 heavy (non-hydrogen) atoms. The molecule has 1 atom stereocenters. The summed E-state index contributed by atoms with van der Waals surface area (Å²) in [5.41, 5.74) is 1.23. The van der Waals surface area contributed by atoms with Crippen LogP contribution in [-0.2, 0) is 11.3 Å². The van der Waals surface area contributed by atoms with E-state index < -0.39 is 0 Å². The molecule has 0 bridgehead atoms. The normalized spacial score (nSPS) is 18.4. The predicted octanol–water partition coefficient (Wildman–Crippen LogP) is 2.96. The van der Waals surface area contributed by atoms with Gasteiger partial charge in [0, 0.05) is 12.0 Å². The Kier molecular flexibility index (Phi) is 4.31. The summed E-state index contributed by atoms with van der Waals surface area (Å²) in [6.45, 7) is 2.71. The number of hydrogen-bond acceptors (Lipinski definition) is 4. The molecule has 0 spiro atoms. The number of hydrogen-bond donors (Lipinski definition) is 1. The topological polar surface area (TPSA) is 59.8 Å². The minimum Gasteiger partial charge on any atom is -0.352 e. The molecule has 126 valence electrons. The molecule has 5 nitrogen and oxygen atoms in total. The van der Waals surface area contributed by atoms with Crippen molar-refractivity contribution < 1.29 is 4.79 Å². The molecule has 2 aromatic rings. The Labute approximate surface area is 146 Å². The van der Waals surface area contributed by atoms with Gasteiger partial charge in [0.15, 0.2) is 5.16 Å². The Morgan fingerprint density at radius 1 is 1.25 bits per heavy atom. The van der Waals surface area contributed by atoms with Gasteiger partial charge in [-0.05, 0) is 38.2 Å². The van der Waals surface area contributed by atoms with Crippen LogP contribution in [0.15, 0.2) is 35.5 Å². The number of nitrogens with zero attached hydrogens (tertiary/aromatic N) is 3. The maximum absolute atomic E-state index is 12.2. The lowest BCUT2D eigenvalue weighted by atomic mass is 10.2. The summed E-state index contributed by atoms with van der Waals surface area (Å²) in [6, 6.07) is 10.8. The van der Waals surface area contributed by atoms with Crippen LogP contribution in [0.3, 0.4) is 0 Å². The number of carbonyl (C=O) groups excluding carboxylic acids is 1. The van der Waals surface area contributed by atoms with Crippen LogP contribution in [0.5, 0.6) is 0 Å². The van der Waals surface area contributed by atoms with Crippen LogP contribution in [0, 0.1) is 0 Å². The molecular weight excluding hydrogens is 320 g/mol. The highest BCUT2D eigenvalue weighted by Crippen LogP contribution is 2.40. The number of nitrogens with one attached hydrogen (secondary N) is 1. The Morgan fingerprint density at radius 2 is 2.00 bits per heavy atom. The number of thioether (sulfide) groups is 1. The van der Waals surface area contributed by atoms with Gasteiger partial charge in [-0.2, -0.15) is 0 Å². The highest BCUT2D eigenvalue weighted by molar-refractivity contribution is 8.00. The average Bonchev–Trinajstić information content (AvgIpc) is 3.50. The zero-order valence-electron chi connectivity index (χ0n) is 13.8. The standard InChI is InChI=1S/C18H22N4OS/c1-12(17(23)19-15-9-10-15)24-18-21-20-16(14-7-8-14)22(18)11-13-5-3-2-4-6-13/h2-6,12,14-15H,7-11H2,1H3,(H,19,23)/t12-/m1/s1. The Balaban J connectivity index is 1.52. The fourth-order valence-electron chi connectivity index (χ4n) is 2.70. The third kappa shape index (κ3) is 3.64. The first-order valence-electron chi connectivity index (χ1n) is 8.65. The smallest absolute Gasteiger partial charge is 0.233 e. The van der Waals surface area contributed by atoms with Gasteiger partial charge >= 0.3 is 0 Å². The number of amides is 1. The van der Waals surface area contributed by atoms with Crippen LogP contribution in [0.4, 0.5) is 0 Å². The minimum absolute atomic E-state index is 0.102. The van der Waals surface area contributed by atoms with Crippen LogP contribution in [-0.4, -0.2) is 32.0 Å². The molecule has 1 aromatic carbocycles. The van der Waals surface area contributed by atoms with Crippen molar-refractivity contribution in [3.8, 4) is 0 Å². The van der Waals surface area contributed by atoms with Crippen LogP contribution in [0.2, 0.25) is 0 Å². The van der Waals surface area contributed by atoms with E-state index in [1.165, 1.54) is 30.2 Å². The van der Waals surface area contributed by atoms with Crippen LogP contribution in [0.1, 0.15) is 49.9 Å². The van der Waals surface area contributed by atoms with Gasteiger partial charge in [-0.15, -0.1) is 10.2 Å². The van der Waals surface area contributed by atoms with Gasteiger partial charge in [-0.3, -0.25) is 4.79 Å². The van der Waals surface area contributed by atoms with Crippen molar-refractivity contribution in [2.45, 2.75) is 61.5 Å². The van der Waals surface area contributed by atoms with Crippen LogP contribution >= 0.6 is 11.8 Å². The molecule has 2 saturated carbocycles. The lowest BCUT2D eigenvalue weighted by molar-refractivity contribution is -0.120. The quantitative estimate of drug-likeness (QED) is 0.786. The summed E-state index contributed by atoms with van der Waals surface area (Å²) in [5, 5.41) is 12.6. The number of carbonyl (C=O) groups is 1. The van der Waals surface area contributed by atoms with E-state index in [2.05, 4.69) is 44.3 Å². The monoisotopic (exact) mass is 342 g/mol. The van der Waals surface area contributed by atoms with Crippen molar-refractivity contribution in [3.63, 3.8) is 0 Å². The number of aromatic nitrogens is 3. The zero-order valence-corrected chi connectivity index (χ0v) is 14.6. The summed E-state index contributed by atoms with van der Waals surface area (Å²) >= 11 is 1.51. The van der Waals surface area contributed by atoms with Gasteiger partial charge in [0.1, 0.15) is 5.82 Å². The Hall–Kier alpha value is -1.82. The lowest BCUT2D eigenvalue weighted by Gasteiger charge is -2.13. The van der Waals surface area contributed by atoms with E-state index in [0.29, 0.717) is 12.0 Å². The molecule has 0 aliphatic heterocycles. The highest BCUT2D eigenvalue weighted by Gasteiger charge is 2.32. The molecule has 0 unspecified atom stereocenters. The maximum atomic E-state index is 12.2. The van der Waals surface area contributed by atoms with Crippen molar-refractivity contribution in [2.75, 3.05) is 0 Å². The minimum atomic E-state index is -0.156. The molecule has 1 heterocycles. The maximum Gasteiger partial charge on any atom is 0.233 e. The Bertz CT molecular complexity index is 722. The van der Waals surface area contributed by atoms with E-state index in [1.54, 1.807) is 0 Å². The van der Waals surface area contributed by atoms with Crippen molar-refractivity contribution in [3.05, 3.63) is 41.7 Å². The van der Waals surface area contributed by atoms with E-state index in [4.69, 9.17) is 0 Å². The van der Waals surface area contributed by atoms with E-state index in [9.17, 15) is 4.79 Å². The van der Waals surface area contributed by atoms with Gasteiger partial charge in [-0.1, -0.05) is 42.1 Å². The van der Waals surface area contributed by atoms with Gasteiger partial charge < -0.3 is 9.88 Å². The number of benzene rings is 1. The molecule has 0 radical (unpaired) electrons. The third-order valence-electron chi connectivity index (χ3n) is 4.45. The molecular formula is C18H22N4OS. The molecule has 1 N–H and O–H groups in total. The molecule has 1 aromatic heterocycles. The van der Waals surface area contributed by atoms with E-state index in [-0.39, 0.29) is 11.2 Å². The molecule has 2 aliphatic rings. The van der Waals surface area contributed by atoms with Crippen molar-refractivity contribution >= 4 is 17.7 Å². The fraction of sp³-hybridized carbons (Fsp3) is 0.500. The zero-order chi connectivity index (χ0) is 16.5. The average molecular weight is 342 g/mol. The van der Waals surface area contributed by atoms with Gasteiger partial charge in [0.25, 0.3) is 0 Å². The first-order valence-corrected chi connectivity index (χ1v) is 9.52. The summed E-state index contributed by atoms with van der Waals surface area (Å²) in [6.07, 6.45) is 4.60. The van der Waals surface area contributed by atoms with Crippen LogP contribution < -0.4 is 5.32 Å². The second-order valence-corrected chi connectivity index (χ2v) is 8.04. The summed E-state index contributed by atoms with van der Waals surface area (Å²) in [7, 11) is 0. The van der Waals surface area contributed by atoms with Gasteiger partial charge in [0.2, 0.25) is 5.91 Å². The first kappa shape index (κ1) is 15.7. The van der Waals surface area contributed by atoms with Crippen molar-refractivity contribution in [1.29, 1.82) is 0 Å². The molecule has 0 saturated heterocycles. The van der Waals surface area contributed by atoms with Crippen molar-refractivity contribution in [2.24, 2.45) is 0 Å². The molecule has 2 aliphatic carbocycles. The summed E-state index contributed by atoms with van der Waals surface area (Å²) < 4.78 is 2.19. The summed E-state index contributed by atoms with van der Waals surface area (Å²) in [5.74, 6) is 1.70. The van der Waals surface area contributed by atoms with E-state index in [1.807, 2.05) is 13.0 Å². The van der Waals surface area contributed by atoms with Gasteiger partial charge in [-0.25, -0.2) is 0 Å². The lowest BCUT2D eigenvalue weighted by Crippen LogP contribution is -2.32. The largest absolute Gasteiger partial charge is 0.352 e. The predicted molar refractivity (Wildman–Crippen MR) is 94.0 cm³/mol. The first-order chi connectivity index (χ1) is 11.7. The fourth-order valence-corrected chi connectivity index (χ4v) is 3.57. The molecule has 2 fully saturated rings. The second-order valence-electron chi connectivity index (χ2n) is 6.73. The molecule has 6 heteroatoms. The number of rotatable bonds is 7. The second kappa shape index (κ2) is 6.59. The van der Waals surface area contributed by atoms with E-state index >= 15 is 0 Å². The summed E-state index contributed by atoms with van der Waals surface area (Å²) in [4.78, 5) is 12.2. The van der Waals surface area contributed by atoms with Crippen LogP contribution in [0.25, 0.3) is 0 Å². The van der Waals surface area contributed by atoms with Crippen molar-refractivity contribution in [1.82, 2.24) is 20.1 Å². The van der Waals surface area contributed by atoms with Gasteiger partial charge in [0.05, 0.1) is 11.8 Å². The third-order valence-corrected chi connectivity index (χ3v) is 5.53. The highest BCUT2D eigenvalue weighted by atomic mass is 32.2.